The summed E-state index contributed by atoms with van der Waals surface area (Å²) < 4.78 is 19.0. The highest BCUT2D eigenvalue weighted by atomic mass is 19.1. The van der Waals surface area contributed by atoms with Gasteiger partial charge in [0.15, 0.2) is 11.6 Å². The molecule has 17 heavy (non-hydrogen) atoms. The average molecular weight is 239 g/mol. The van der Waals surface area contributed by atoms with Crippen molar-refractivity contribution in [2.24, 2.45) is 5.73 Å². The van der Waals surface area contributed by atoms with Gasteiger partial charge in [0, 0.05) is 0 Å². The number of rotatable bonds is 6. The first-order valence-corrected chi connectivity index (χ1v) is 6.16. The lowest BCUT2D eigenvalue weighted by molar-refractivity contribution is 0.380. The highest BCUT2D eigenvalue weighted by Crippen LogP contribution is 2.28. The van der Waals surface area contributed by atoms with E-state index in [9.17, 15) is 4.39 Å². The van der Waals surface area contributed by atoms with Crippen molar-refractivity contribution in [3.05, 3.63) is 29.1 Å². The SMILES string of the molecule is COc1c(F)cc(C(C)C)cc1CCCCN. The first kappa shape index (κ1) is 14.0. The van der Waals surface area contributed by atoms with Crippen molar-refractivity contribution in [3.8, 4) is 5.75 Å². The number of ether oxygens (including phenoxy) is 1. The molecule has 1 aromatic rings. The number of hydrogen-bond donors (Lipinski definition) is 1. The molecule has 1 rings (SSSR count). The number of aryl methyl sites for hydroxylation is 1. The van der Waals surface area contributed by atoms with Crippen LogP contribution in [-0.2, 0) is 6.42 Å². The van der Waals surface area contributed by atoms with Crippen LogP contribution in [-0.4, -0.2) is 13.7 Å². The number of benzene rings is 1. The van der Waals surface area contributed by atoms with E-state index < -0.39 is 0 Å². The third-order valence-corrected chi connectivity index (χ3v) is 2.91. The first-order chi connectivity index (χ1) is 8.10. The Bertz CT molecular complexity index is 363. The molecule has 0 bridgehead atoms. The maximum absolute atomic E-state index is 13.8. The number of unbranched alkanes of at least 4 members (excludes halogenated alkanes) is 1. The maximum Gasteiger partial charge on any atom is 0.165 e. The average Bonchev–Trinajstić information content (AvgIpc) is 2.28. The van der Waals surface area contributed by atoms with Crippen molar-refractivity contribution in [3.63, 3.8) is 0 Å². The smallest absolute Gasteiger partial charge is 0.165 e. The lowest BCUT2D eigenvalue weighted by Crippen LogP contribution is -2.02. The molecule has 0 aliphatic rings. The van der Waals surface area contributed by atoms with Crippen LogP contribution in [0, 0.1) is 5.82 Å². The van der Waals surface area contributed by atoms with Gasteiger partial charge in [0.25, 0.3) is 0 Å². The summed E-state index contributed by atoms with van der Waals surface area (Å²) in [4.78, 5) is 0. The summed E-state index contributed by atoms with van der Waals surface area (Å²) in [6.45, 7) is 4.80. The zero-order valence-electron chi connectivity index (χ0n) is 10.9. The van der Waals surface area contributed by atoms with Gasteiger partial charge in [0.2, 0.25) is 0 Å². The Balaban J connectivity index is 2.97. The Morgan fingerprint density at radius 3 is 2.53 bits per heavy atom. The van der Waals surface area contributed by atoms with Crippen LogP contribution in [0.2, 0.25) is 0 Å². The van der Waals surface area contributed by atoms with Gasteiger partial charge >= 0.3 is 0 Å². The van der Waals surface area contributed by atoms with Crippen LogP contribution in [0.25, 0.3) is 0 Å². The fourth-order valence-electron chi connectivity index (χ4n) is 1.88. The molecule has 0 aromatic heterocycles. The van der Waals surface area contributed by atoms with Crippen LogP contribution < -0.4 is 10.5 Å². The molecule has 0 radical (unpaired) electrons. The lowest BCUT2D eigenvalue weighted by Gasteiger charge is -2.14. The predicted molar refractivity (Wildman–Crippen MR) is 69.0 cm³/mol. The van der Waals surface area contributed by atoms with Crippen LogP contribution in [0.15, 0.2) is 12.1 Å². The molecule has 1 aromatic carbocycles. The Labute approximate surface area is 103 Å². The third kappa shape index (κ3) is 3.70. The summed E-state index contributed by atoms with van der Waals surface area (Å²) in [7, 11) is 1.51. The van der Waals surface area contributed by atoms with Crippen LogP contribution >= 0.6 is 0 Å². The molecule has 0 fully saturated rings. The Morgan fingerprint density at radius 2 is 2.00 bits per heavy atom. The number of halogens is 1. The molecular weight excluding hydrogens is 217 g/mol. The minimum atomic E-state index is -0.263. The number of hydrogen-bond acceptors (Lipinski definition) is 2. The zero-order chi connectivity index (χ0) is 12.8. The van der Waals surface area contributed by atoms with Gasteiger partial charge in [-0.25, -0.2) is 4.39 Å². The van der Waals surface area contributed by atoms with Crippen molar-refractivity contribution in [2.75, 3.05) is 13.7 Å². The second kappa shape index (κ2) is 6.60. The van der Waals surface area contributed by atoms with Gasteiger partial charge in [-0.15, -0.1) is 0 Å². The molecule has 0 aliphatic carbocycles. The topological polar surface area (TPSA) is 35.2 Å². The van der Waals surface area contributed by atoms with E-state index in [0.29, 0.717) is 18.2 Å². The molecule has 0 unspecified atom stereocenters. The van der Waals surface area contributed by atoms with E-state index in [1.807, 2.05) is 6.07 Å². The highest BCUT2D eigenvalue weighted by molar-refractivity contribution is 5.40. The van der Waals surface area contributed by atoms with E-state index in [-0.39, 0.29) is 5.82 Å². The van der Waals surface area contributed by atoms with Crippen LogP contribution in [0.3, 0.4) is 0 Å². The van der Waals surface area contributed by atoms with E-state index >= 15 is 0 Å². The highest BCUT2D eigenvalue weighted by Gasteiger charge is 2.12. The van der Waals surface area contributed by atoms with Gasteiger partial charge in [-0.3, -0.25) is 0 Å². The quantitative estimate of drug-likeness (QED) is 0.773. The summed E-state index contributed by atoms with van der Waals surface area (Å²) in [5, 5.41) is 0. The van der Waals surface area contributed by atoms with Crippen LogP contribution in [0.1, 0.15) is 43.7 Å². The van der Waals surface area contributed by atoms with Gasteiger partial charge in [-0.05, 0) is 48.9 Å². The Kier molecular flexibility index (Phi) is 5.42. The largest absolute Gasteiger partial charge is 0.493 e. The lowest BCUT2D eigenvalue weighted by atomic mass is 9.97. The molecule has 0 heterocycles. The Morgan fingerprint density at radius 1 is 1.29 bits per heavy atom. The van der Waals surface area contributed by atoms with Crippen molar-refractivity contribution in [2.45, 2.75) is 39.0 Å². The van der Waals surface area contributed by atoms with Crippen molar-refractivity contribution < 1.29 is 9.13 Å². The second-order valence-corrected chi connectivity index (χ2v) is 4.60. The molecule has 0 amide bonds. The van der Waals surface area contributed by atoms with E-state index in [0.717, 1.165) is 30.4 Å². The van der Waals surface area contributed by atoms with Gasteiger partial charge in [0.1, 0.15) is 0 Å². The molecule has 3 heteroatoms. The minimum Gasteiger partial charge on any atom is -0.493 e. The fourth-order valence-corrected chi connectivity index (χ4v) is 1.88. The first-order valence-electron chi connectivity index (χ1n) is 6.16. The van der Waals surface area contributed by atoms with E-state index in [1.165, 1.54) is 7.11 Å². The van der Waals surface area contributed by atoms with Crippen LogP contribution in [0.4, 0.5) is 4.39 Å². The molecule has 0 saturated heterocycles. The van der Waals surface area contributed by atoms with Gasteiger partial charge < -0.3 is 10.5 Å². The molecule has 0 aliphatic heterocycles. The van der Waals surface area contributed by atoms with Crippen molar-refractivity contribution in [1.82, 2.24) is 0 Å². The summed E-state index contributed by atoms with van der Waals surface area (Å²) in [6, 6.07) is 3.61. The molecule has 2 nitrogen and oxygen atoms in total. The summed E-state index contributed by atoms with van der Waals surface area (Å²) in [5.41, 5.74) is 7.43. The monoisotopic (exact) mass is 239 g/mol. The summed E-state index contributed by atoms with van der Waals surface area (Å²) >= 11 is 0. The van der Waals surface area contributed by atoms with Gasteiger partial charge in [-0.2, -0.15) is 0 Å². The van der Waals surface area contributed by atoms with Crippen LogP contribution in [0.5, 0.6) is 5.75 Å². The van der Waals surface area contributed by atoms with Crippen molar-refractivity contribution >= 4 is 0 Å². The second-order valence-electron chi connectivity index (χ2n) is 4.60. The molecule has 96 valence electrons. The van der Waals surface area contributed by atoms with Crippen molar-refractivity contribution in [1.29, 1.82) is 0 Å². The van der Waals surface area contributed by atoms with Gasteiger partial charge in [0.05, 0.1) is 7.11 Å². The van der Waals surface area contributed by atoms with E-state index in [2.05, 4.69) is 13.8 Å². The summed E-state index contributed by atoms with van der Waals surface area (Å²) in [5.74, 6) is 0.441. The standard InChI is InChI=1S/C14H22FNO/c1-10(2)12-8-11(6-4-5-7-16)14(17-3)13(15)9-12/h8-10H,4-7,16H2,1-3H3. The minimum absolute atomic E-state index is 0.263. The summed E-state index contributed by atoms with van der Waals surface area (Å²) in [6.07, 6.45) is 2.74. The molecule has 0 atom stereocenters. The zero-order valence-corrected chi connectivity index (χ0v) is 10.9. The third-order valence-electron chi connectivity index (χ3n) is 2.91. The predicted octanol–water partition coefficient (Wildman–Crippen LogP) is 3.24. The molecule has 0 saturated carbocycles. The number of methoxy groups -OCH3 is 1. The number of nitrogens with two attached hydrogens (primary N) is 1. The molecule has 2 N–H and O–H groups in total. The molecule has 0 spiro atoms. The normalized spacial score (nSPS) is 10.9. The Hall–Kier alpha value is -1.09. The van der Waals surface area contributed by atoms with E-state index in [1.54, 1.807) is 6.07 Å². The maximum atomic E-state index is 13.8. The van der Waals surface area contributed by atoms with E-state index in [4.69, 9.17) is 10.5 Å². The van der Waals surface area contributed by atoms with Gasteiger partial charge in [-0.1, -0.05) is 19.9 Å². The molecular formula is C14H22FNO. The fraction of sp³-hybridized carbons (Fsp3) is 0.571.